The molecule has 0 unspecified atom stereocenters. The van der Waals surface area contributed by atoms with Crippen molar-refractivity contribution >= 4 is 54.3 Å². The Morgan fingerprint density at radius 3 is 2.33 bits per heavy atom. The van der Waals surface area contributed by atoms with Crippen molar-refractivity contribution in [2.75, 3.05) is 0 Å². The Bertz CT molecular complexity index is 2650. The molecule has 7 heteroatoms. The number of aromatic nitrogens is 4. The van der Waals surface area contributed by atoms with Gasteiger partial charge in [-0.25, -0.2) is 16.3 Å². The molecule has 0 aliphatic carbocycles. The molecule has 0 aliphatic heterocycles. The average Bonchev–Trinajstić information content (AvgIpc) is 3.80. The zero-order valence-electron chi connectivity index (χ0n) is 27.0. The molecule has 0 aliphatic rings. The van der Waals surface area contributed by atoms with Crippen molar-refractivity contribution in [1.82, 2.24) is 14.1 Å². The quantitative estimate of drug-likeness (QED) is 0.128. The van der Waals surface area contributed by atoms with E-state index in [1.807, 2.05) is 36.5 Å². The molecule has 0 fully saturated rings. The molecule has 9 aromatic rings. The van der Waals surface area contributed by atoms with Crippen LogP contribution in [0.1, 0.15) is 26.3 Å². The molecule has 4 heterocycles. The molecule has 5 aromatic carbocycles. The van der Waals surface area contributed by atoms with Gasteiger partial charge < -0.3 is 9.30 Å². The van der Waals surface area contributed by atoms with Gasteiger partial charge in [0.1, 0.15) is 5.82 Å². The Morgan fingerprint density at radius 1 is 0.755 bits per heavy atom. The summed E-state index contributed by atoms with van der Waals surface area (Å²) < 4.78 is 14.1. The maximum Gasteiger partial charge on any atom is 0.269 e. The number of hydrogen-bond donors (Lipinski definition) is 0. The van der Waals surface area contributed by atoms with Gasteiger partial charge in [0.2, 0.25) is 0 Å². The number of imidazole rings is 1. The summed E-state index contributed by atoms with van der Waals surface area (Å²) in [4.78, 5) is 4.81. The Hall–Kier alpha value is -5.03. The average molecular weight is 834 g/mol. The number of thiophene rings is 1. The first-order chi connectivity index (χ1) is 23.4. The summed E-state index contributed by atoms with van der Waals surface area (Å²) in [5.41, 5.74) is 7.44. The van der Waals surface area contributed by atoms with Crippen molar-refractivity contribution in [3.63, 3.8) is 0 Å². The fourth-order valence-electron chi connectivity index (χ4n) is 6.46. The van der Waals surface area contributed by atoms with E-state index in [0.29, 0.717) is 11.5 Å². The van der Waals surface area contributed by atoms with Gasteiger partial charge in [0, 0.05) is 44.3 Å². The van der Waals surface area contributed by atoms with E-state index in [0.717, 1.165) is 60.1 Å². The second-order valence-corrected chi connectivity index (χ2v) is 13.9. The van der Waals surface area contributed by atoms with Crippen LogP contribution in [0.5, 0.6) is 11.5 Å². The van der Waals surface area contributed by atoms with Crippen molar-refractivity contribution < 1.29 is 30.4 Å². The van der Waals surface area contributed by atoms with Gasteiger partial charge in [-0.2, -0.15) is 6.07 Å². The second-order valence-electron chi connectivity index (χ2n) is 13.0. The van der Waals surface area contributed by atoms with Crippen LogP contribution in [-0.2, 0) is 26.5 Å². The van der Waals surface area contributed by atoms with E-state index in [1.165, 1.54) is 5.56 Å². The van der Waals surface area contributed by atoms with Gasteiger partial charge >= 0.3 is 0 Å². The third kappa shape index (κ3) is 5.36. The molecule has 9 rings (SSSR count). The van der Waals surface area contributed by atoms with Crippen LogP contribution in [0.15, 0.2) is 127 Å². The molecule has 0 N–H and O–H groups in total. The molecule has 0 radical (unpaired) electrons. The summed E-state index contributed by atoms with van der Waals surface area (Å²) in [7, 11) is 0. The largest absolute Gasteiger partial charge is 0.503 e. The van der Waals surface area contributed by atoms with Gasteiger partial charge in [0.15, 0.2) is 0 Å². The number of pyridine rings is 1. The molecule has 0 saturated carbocycles. The fraction of sp³-hybridized carbons (Fsp3) is 0.0952. The minimum absolute atomic E-state index is 0. The van der Waals surface area contributed by atoms with E-state index in [-0.39, 0.29) is 26.5 Å². The van der Waals surface area contributed by atoms with Gasteiger partial charge in [-0.05, 0) is 52.1 Å². The smallest absolute Gasteiger partial charge is 0.269 e. The van der Waals surface area contributed by atoms with Crippen molar-refractivity contribution in [3.8, 4) is 28.7 Å². The van der Waals surface area contributed by atoms with Gasteiger partial charge in [-0.1, -0.05) is 109 Å². The molecule has 0 saturated heterocycles. The molecular formula is C42H30N4OPtS-2. The summed E-state index contributed by atoms with van der Waals surface area (Å²) in [5.74, 6) is 2.10. The molecule has 5 nitrogen and oxygen atoms in total. The van der Waals surface area contributed by atoms with E-state index in [4.69, 9.17) is 9.72 Å². The normalized spacial score (nSPS) is 11.8. The number of ether oxygens (including phenoxy) is 1. The van der Waals surface area contributed by atoms with E-state index in [2.05, 4.69) is 143 Å². The third-order valence-corrected chi connectivity index (χ3v) is 9.81. The van der Waals surface area contributed by atoms with E-state index in [9.17, 15) is 0 Å². The molecule has 0 amide bonds. The van der Waals surface area contributed by atoms with Gasteiger partial charge in [0.25, 0.3) is 6.33 Å². The minimum atomic E-state index is -0.00404. The van der Waals surface area contributed by atoms with Crippen LogP contribution >= 0.6 is 11.3 Å². The summed E-state index contributed by atoms with van der Waals surface area (Å²) in [5, 5.41) is 5.39. The summed E-state index contributed by atoms with van der Waals surface area (Å²) in [6.45, 7) is 6.67. The summed E-state index contributed by atoms with van der Waals surface area (Å²) in [6, 6.07) is 46.8. The number of fused-ring (bicyclic) bond motifs is 5. The molecule has 0 spiro atoms. The SMILES string of the molecule is CC(C)(C)c1ccnc(-n2c3[c-]c(Oc4[c-]c5c(-n6[c-][n+](-c7ccccc7)c7ccccc76)csc5cc4)ccc3c3ccccc32)c1.[Pt]. The first-order valence-electron chi connectivity index (χ1n) is 16.0. The zero-order valence-corrected chi connectivity index (χ0v) is 30.1. The summed E-state index contributed by atoms with van der Waals surface area (Å²) >= 11 is 1.69. The number of rotatable bonds is 5. The number of benzene rings is 5. The van der Waals surface area contributed by atoms with E-state index >= 15 is 0 Å². The molecule has 0 atom stereocenters. The molecular weight excluding hydrogens is 804 g/mol. The van der Waals surface area contributed by atoms with Crippen LogP contribution in [0.4, 0.5) is 0 Å². The van der Waals surface area contributed by atoms with E-state index < -0.39 is 0 Å². The molecule has 242 valence electrons. The first kappa shape index (κ1) is 31.2. The molecule has 4 aromatic heterocycles. The Morgan fingerprint density at radius 2 is 1.49 bits per heavy atom. The minimum Gasteiger partial charge on any atom is -0.503 e. The number of nitrogens with zero attached hydrogens (tertiary/aromatic N) is 4. The maximum atomic E-state index is 6.52. The van der Waals surface area contributed by atoms with Crippen LogP contribution < -0.4 is 9.30 Å². The van der Waals surface area contributed by atoms with E-state index in [1.54, 1.807) is 11.3 Å². The van der Waals surface area contributed by atoms with Gasteiger partial charge in [-0.3, -0.25) is 9.13 Å². The standard InChI is InChI=1S/C42H30N4OS.Pt/c1-42(2,3)28-21-22-43-41(23-28)46-35-14-8-7-13-32(35)33-19-17-31(25-38(33)46)47-30-18-20-40-34(24-30)39(26-48-40)45-27-44(29-11-5-4-6-12-29)36-15-9-10-16-37(36)45;/h4-23,26H,1-3H3;/q-2;. The van der Waals surface area contributed by atoms with Crippen molar-refractivity contribution in [2.45, 2.75) is 26.2 Å². The Balaban J connectivity index is 0.00000348. The van der Waals surface area contributed by atoms with Crippen molar-refractivity contribution in [3.05, 3.63) is 151 Å². The summed E-state index contributed by atoms with van der Waals surface area (Å²) in [6.07, 6.45) is 5.50. The number of hydrogen-bond acceptors (Lipinski definition) is 3. The monoisotopic (exact) mass is 833 g/mol. The first-order valence-corrected chi connectivity index (χ1v) is 16.8. The molecule has 49 heavy (non-hydrogen) atoms. The Kier molecular flexibility index (Phi) is 7.74. The van der Waals surface area contributed by atoms with Gasteiger partial charge in [-0.15, -0.1) is 23.6 Å². The van der Waals surface area contributed by atoms with Crippen LogP contribution in [0.3, 0.4) is 0 Å². The zero-order chi connectivity index (χ0) is 32.4. The molecule has 0 bridgehead atoms. The fourth-order valence-corrected chi connectivity index (χ4v) is 7.34. The maximum absolute atomic E-state index is 6.52. The number of para-hydroxylation sites is 4. The van der Waals surface area contributed by atoms with Crippen LogP contribution in [0.2, 0.25) is 0 Å². The van der Waals surface area contributed by atoms with Crippen LogP contribution in [-0.4, -0.2) is 14.1 Å². The third-order valence-electron chi connectivity index (χ3n) is 8.87. The van der Waals surface area contributed by atoms with Crippen molar-refractivity contribution in [2.24, 2.45) is 0 Å². The topological polar surface area (TPSA) is 35.9 Å². The van der Waals surface area contributed by atoms with Crippen molar-refractivity contribution in [1.29, 1.82) is 0 Å². The van der Waals surface area contributed by atoms with Crippen LogP contribution in [0.25, 0.3) is 60.1 Å². The Labute approximate surface area is 302 Å². The second kappa shape index (κ2) is 12.1. The van der Waals surface area contributed by atoms with Crippen LogP contribution in [0, 0.1) is 18.5 Å². The predicted molar refractivity (Wildman–Crippen MR) is 194 cm³/mol. The predicted octanol–water partition coefficient (Wildman–Crippen LogP) is 10.1. The van der Waals surface area contributed by atoms with Gasteiger partial charge in [0.05, 0.1) is 22.4 Å².